The Kier molecular flexibility index (Phi) is 7.17. The quantitative estimate of drug-likeness (QED) is 0.814. The van der Waals surface area contributed by atoms with Crippen LogP contribution in [0.2, 0.25) is 0 Å². The minimum atomic E-state index is 0. The van der Waals surface area contributed by atoms with Crippen LogP contribution in [0.15, 0.2) is 28.8 Å². The molecule has 2 aromatic rings. The van der Waals surface area contributed by atoms with Crippen molar-refractivity contribution in [3.05, 3.63) is 30.7 Å². The summed E-state index contributed by atoms with van der Waals surface area (Å²) in [7, 11) is 0. The minimum absolute atomic E-state index is 0. The zero-order valence-electron chi connectivity index (χ0n) is 8.64. The third-order valence-electron chi connectivity index (χ3n) is 1.45. The molecule has 0 bridgehead atoms. The summed E-state index contributed by atoms with van der Waals surface area (Å²) in [6.45, 7) is 4.00. The van der Waals surface area contributed by atoms with Gasteiger partial charge in [-0.05, 0) is 12.1 Å². The largest absolute Gasteiger partial charge is 0.508 e. The molecule has 15 heavy (non-hydrogen) atoms. The van der Waals surface area contributed by atoms with Gasteiger partial charge in [0.2, 0.25) is 0 Å². The number of benzene rings is 1. The van der Waals surface area contributed by atoms with Gasteiger partial charge in [0.15, 0.2) is 0 Å². The first-order valence-electron chi connectivity index (χ1n) is 4.35. The zero-order chi connectivity index (χ0) is 10.4. The predicted molar refractivity (Wildman–Crippen MR) is 51.6 cm³/mol. The van der Waals surface area contributed by atoms with Gasteiger partial charge in [-0.2, -0.15) is 5.16 Å². The van der Waals surface area contributed by atoms with Crippen LogP contribution in [-0.2, 0) is 32.7 Å². The second kappa shape index (κ2) is 7.54. The topological polar surface area (TPSA) is 59.2 Å². The van der Waals surface area contributed by atoms with E-state index in [0.717, 1.165) is 5.56 Å². The Morgan fingerprint density at radius 2 is 1.80 bits per heavy atom. The van der Waals surface area contributed by atoms with Gasteiger partial charge >= 0.3 is 0 Å². The van der Waals surface area contributed by atoms with E-state index in [1.54, 1.807) is 24.3 Å². The number of phenols is 1. The fourth-order valence-corrected chi connectivity index (χ4v) is 0.875. The number of aromatic hydroxyl groups is 1. The van der Waals surface area contributed by atoms with Gasteiger partial charge < -0.3 is 14.6 Å². The van der Waals surface area contributed by atoms with Crippen molar-refractivity contribution in [2.45, 2.75) is 13.8 Å². The van der Waals surface area contributed by atoms with Crippen LogP contribution < -0.4 is 0 Å². The van der Waals surface area contributed by atoms with Crippen molar-refractivity contribution in [2.24, 2.45) is 0 Å². The summed E-state index contributed by atoms with van der Waals surface area (Å²) in [4.78, 5) is 3.73. The van der Waals surface area contributed by atoms with Crippen molar-refractivity contribution < 1.29 is 42.3 Å². The molecule has 0 aliphatic heterocycles. The van der Waals surface area contributed by atoms with Crippen molar-refractivity contribution >= 4 is 0 Å². The van der Waals surface area contributed by atoms with Crippen LogP contribution in [0, 0.1) is 6.39 Å². The summed E-state index contributed by atoms with van der Waals surface area (Å²) in [6, 6.07) is 6.53. The molecule has 1 aromatic heterocycles. The fraction of sp³-hybridized carbons (Fsp3) is 0.200. The fourth-order valence-electron chi connectivity index (χ4n) is 0.875. The van der Waals surface area contributed by atoms with Crippen LogP contribution >= 0.6 is 0 Å². The molecule has 2 rings (SSSR count). The second-order valence-corrected chi connectivity index (χ2v) is 2.26. The maximum atomic E-state index is 8.98. The summed E-state index contributed by atoms with van der Waals surface area (Å²) in [5.74, 6) is 0.682. The first-order chi connectivity index (χ1) is 6.86. The van der Waals surface area contributed by atoms with E-state index >= 15 is 0 Å². The van der Waals surface area contributed by atoms with Crippen LogP contribution in [0.1, 0.15) is 13.8 Å². The number of aromatic nitrogens is 2. The second-order valence-electron chi connectivity index (χ2n) is 2.26. The van der Waals surface area contributed by atoms with Gasteiger partial charge in [0.25, 0.3) is 0 Å². The van der Waals surface area contributed by atoms with E-state index in [0.29, 0.717) is 5.82 Å². The van der Waals surface area contributed by atoms with Gasteiger partial charge in [-0.25, -0.2) is 0 Å². The van der Waals surface area contributed by atoms with E-state index in [4.69, 9.17) is 5.11 Å². The van der Waals surface area contributed by atoms with Gasteiger partial charge in [-0.15, -0.1) is 0 Å². The molecule has 0 aliphatic rings. The van der Waals surface area contributed by atoms with Crippen molar-refractivity contribution in [3.63, 3.8) is 0 Å². The van der Waals surface area contributed by atoms with Gasteiger partial charge in [-0.3, -0.25) is 0 Å². The first-order valence-corrected chi connectivity index (χ1v) is 4.35. The minimum Gasteiger partial charge on any atom is -0.508 e. The van der Waals surface area contributed by atoms with E-state index in [1.807, 2.05) is 13.8 Å². The van der Waals surface area contributed by atoms with Crippen molar-refractivity contribution in [1.82, 2.24) is 10.1 Å². The van der Waals surface area contributed by atoms with Crippen molar-refractivity contribution in [1.29, 1.82) is 0 Å². The van der Waals surface area contributed by atoms with E-state index in [1.165, 1.54) is 0 Å². The van der Waals surface area contributed by atoms with Gasteiger partial charge in [0, 0.05) is 38.5 Å². The van der Waals surface area contributed by atoms with Gasteiger partial charge in [-0.1, -0.05) is 31.5 Å². The first kappa shape index (κ1) is 14.3. The molecule has 77 valence electrons. The molecule has 1 heterocycles. The Morgan fingerprint density at radius 3 is 2.27 bits per heavy atom. The van der Waals surface area contributed by atoms with Crippen LogP contribution in [0.5, 0.6) is 5.75 Å². The van der Waals surface area contributed by atoms with Crippen molar-refractivity contribution in [2.75, 3.05) is 0 Å². The molecule has 5 heteroatoms. The van der Waals surface area contributed by atoms with Crippen LogP contribution in [0.25, 0.3) is 11.4 Å². The Bertz CT molecular complexity index is 359. The van der Waals surface area contributed by atoms with Gasteiger partial charge in [0.05, 0.1) is 6.39 Å². The Hall–Kier alpha value is -0.736. The van der Waals surface area contributed by atoms with E-state index in [9.17, 15) is 0 Å². The Morgan fingerprint density at radius 1 is 1.20 bits per heavy atom. The molecule has 0 fully saturated rings. The average Bonchev–Trinajstić information content (AvgIpc) is 2.75. The standard InChI is InChI=1S/C8H5N2O2.C2H6.Y/c11-7-3-1-6(2-4-7)8-9-5-12-10-8;1-2;/h1-4,11H;1-2H3;/q-1;;. The number of hydrogen-bond donors (Lipinski definition) is 1. The SMILES string of the molecule is CC.Oc1ccc(-c2n[c-]on2)cc1.[Y]. The molecule has 0 saturated carbocycles. The third-order valence-corrected chi connectivity index (χ3v) is 1.45. The molecule has 0 amide bonds. The predicted octanol–water partition coefficient (Wildman–Crippen LogP) is 2.27. The molecule has 4 nitrogen and oxygen atoms in total. The molecule has 0 saturated heterocycles. The van der Waals surface area contributed by atoms with E-state index in [2.05, 4.69) is 21.1 Å². The maximum absolute atomic E-state index is 8.98. The van der Waals surface area contributed by atoms with E-state index in [-0.39, 0.29) is 38.5 Å². The number of hydrogen-bond acceptors (Lipinski definition) is 4. The molecule has 0 aliphatic carbocycles. The molecule has 0 atom stereocenters. The molecular weight excluding hydrogens is 269 g/mol. The Labute approximate surface area is 114 Å². The number of nitrogens with zero attached hydrogens (tertiary/aromatic N) is 2. The summed E-state index contributed by atoms with van der Waals surface area (Å²) in [5.41, 5.74) is 0.790. The van der Waals surface area contributed by atoms with Crippen LogP contribution in [0.3, 0.4) is 0 Å². The van der Waals surface area contributed by atoms with Gasteiger partial charge in [0.1, 0.15) is 5.75 Å². The van der Waals surface area contributed by atoms with Crippen LogP contribution in [0.4, 0.5) is 0 Å². The zero-order valence-corrected chi connectivity index (χ0v) is 11.5. The molecular formula is C10H11N2O2Y-. The molecule has 1 radical (unpaired) electrons. The smallest absolute Gasteiger partial charge is 0.115 e. The maximum Gasteiger partial charge on any atom is 0.115 e. The summed E-state index contributed by atoms with van der Waals surface area (Å²) < 4.78 is 4.45. The molecule has 1 aromatic carbocycles. The number of phenolic OH excluding ortho intramolecular Hbond substituents is 1. The molecule has 0 spiro atoms. The molecule has 1 N–H and O–H groups in total. The summed E-state index contributed by atoms with van der Waals surface area (Å²) in [5, 5.41) is 12.6. The average molecular weight is 280 g/mol. The van der Waals surface area contributed by atoms with Crippen LogP contribution in [-0.4, -0.2) is 15.2 Å². The normalized spacial score (nSPS) is 8.40. The van der Waals surface area contributed by atoms with E-state index < -0.39 is 0 Å². The summed E-state index contributed by atoms with van der Waals surface area (Å²) >= 11 is 0. The number of rotatable bonds is 1. The Balaban J connectivity index is 0.000000617. The summed E-state index contributed by atoms with van der Waals surface area (Å²) in [6.07, 6.45) is 2.24. The van der Waals surface area contributed by atoms with Crippen molar-refractivity contribution in [3.8, 4) is 17.1 Å². The monoisotopic (exact) mass is 280 g/mol. The third kappa shape index (κ3) is 4.10. The molecule has 0 unspecified atom stereocenters.